The molecule has 0 unspecified atom stereocenters. The van der Waals surface area contributed by atoms with Gasteiger partial charge >= 0.3 is 12.0 Å². The highest BCUT2D eigenvalue weighted by Gasteiger charge is 2.26. The van der Waals surface area contributed by atoms with Gasteiger partial charge in [-0.3, -0.25) is 4.68 Å². The number of rotatable bonds is 6. The lowest BCUT2D eigenvalue weighted by molar-refractivity contribution is 0.0597. The molecule has 2 amide bonds. The zero-order chi connectivity index (χ0) is 22.5. The number of hydrogen-bond donors (Lipinski definition) is 2. The number of amides is 2. The molecular weight excluding hydrogens is 436 g/mol. The highest BCUT2D eigenvalue weighted by molar-refractivity contribution is 6.29. The van der Waals surface area contributed by atoms with Gasteiger partial charge in [0.25, 0.3) is 0 Å². The number of carbonyl (C=O) groups excluding carboxylic acids is 2. The number of esters is 1. The van der Waals surface area contributed by atoms with Crippen LogP contribution in [0.25, 0.3) is 0 Å². The van der Waals surface area contributed by atoms with E-state index in [1.807, 2.05) is 4.68 Å². The standard InChI is InChI=1S/C21H21ClN6O4/c1-31-20(29)19-15(27-28-11-3-2-4-16(19)28)12-23-21(30)24-13-5-7-14(8-6-13)32-18-10-9-17(22)25-26-18/h5-10H,2-4,11-12H2,1H3,(H2,23,24,30). The summed E-state index contributed by atoms with van der Waals surface area (Å²) >= 11 is 5.70. The Bertz CT molecular complexity index is 1110. The van der Waals surface area contributed by atoms with Crippen LogP contribution < -0.4 is 15.4 Å². The van der Waals surface area contributed by atoms with Gasteiger partial charge in [-0.25, -0.2) is 9.59 Å². The summed E-state index contributed by atoms with van der Waals surface area (Å²) in [5.41, 5.74) is 2.37. The normalized spacial score (nSPS) is 12.6. The molecule has 166 valence electrons. The summed E-state index contributed by atoms with van der Waals surface area (Å²) in [5, 5.41) is 17.8. The molecule has 3 heterocycles. The van der Waals surface area contributed by atoms with Crippen molar-refractivity contribution in [3.8, 4) is 11.6 Å². The number of fused-ring (bicyclic) bond motifs is 1. The van der Waals surface area contributed by atoms with Crippen LogP contribution in [0.15, 0.2) is 36.4 Å². The average Bonchev–Trinajstić information content (AvgIpc) is 3.18. The second-order valence-electron chi connectivity index (χ2n) is 7.07. The van der Waals surface area contributed by atoms with E-state index >= 15 is 0 Å². The number of benzene rings is 1. The zero-order valence-corrected chi connectivity index (χ0v) is 18.1. The van der Waals surface area contributed by atoms with E-state index < -0.39 is 12.0 Å². The van der Waals surface area contributed by atoms with Crippen molar-refractivity contribution in [2.24, 2.45) is 0 Å². The van der Waals surface area contributed by atoms with Gasteiger partial charge < -0.3 is 20.1 Å². The fourth-order valence-electron chi connectivity index (χ4n) is 3.43. The van der Waals surface area contributed by atoms with Gasteiger partial charge in [-0.2, -0.15) is 5.10 Å². The molecule has 0 radical (unpaired) electrons. The third-order valence-corrected chi connectivity index (χ3v) is 5.11. The summed E-state index contributed by atoms with van der Waals surface area (Å²) in [5.74, 6) is 0.391. The van der Waals surface area contributed by atoms with Gasteiger partial charge in [0.1, 0.15) is 11.3 Å². The molecule has 2 aromatic heterocycles. The first-order valence-electron chi connectivity index (χ1n) is 10.0. The van der Waals surface area contributed by atoms with Gasteiger partial charge in [0.05, 0.1) is 25.0 Å². The molecule has 4 rings (SSSR count). The molecule has 1 aromatic carbocycles. The number of nitrogens with zero attached hydrogens (tertiary/aromatic N) is 4. The maximum atomic E-state index is 12.4. The van der Waals surface area contributed by atoms with E-state index in [4.69, 9.17) is 21.1 Å². The molecule has 1 aliphatic rings. The van der Waals surface area contributed by atoms with Crippen molar-refractivity contribution in [3.05, 3.63) is 58.5 Å². The minimum atomic E-state index is -0.439. The monoisotopic (exact) mass is 456 g/mol. The van der Waals surface area contributed by atoms with Gasteiger partial charge in [-0.15, -0.1) is 10.2 Å². The second-order valence-corrected chi connectivity index (χ2v) is 7.46. The van der Waals surface area contributed by atoms with Crippen molar-refractivity contribution in [2.45, 2.75) is 32.4 Å². The molecule has 1 aliphatic heterocycles. The molecule has 3 aromatic rings. The number of anilines is 1. The summed E-state index contributed by atoms with van der Waals surface area (Å²) in [4.78, 5) is 24.6. The largest absolute Gasteiger partial charge is 0.465 e. The first-order chi connectivity index (χ1) is 15.5. The number of ether oxygens (including phenoxy) is 2. The lowest BCUT2D eigenvalue weighted by Gasteiger charge is -2.13. The highest BCUT2D eigenvalue weighted by Crippen LogP contribution is 2.23. The van der Waals surface area contributed by atoms with Crippen LogP contribution in [0, 0.1) is 0 Å². The number of halogens is 1. The zero-order valence-electron chi connectivity index (χ0n) is 17.3. The molecule has 0 atom stereocenters. The van der Waals surface area contributed by atoms with Gasteiger partial charge in [-0.05, 0) is 49.6 Å². The predicted octanol–water partition coefficient (Wildman–Crippen LogP) is 3.56. The van der Waals surface area contributed by atoms with Crippen molar-refractivity contribution in [2.75, 3.05) is 12.4 Å². The van der Waals surface area contributed by atoms with Crippen LogP contribution in [0.2, 0.25) is 5.15 Å². The quantitative estimate of drug-likeness (QED) is 0.544. The minimum Gasteiger partial charge on any atom is -0.465 e. The van der Waals surface area contributed by atoms with Crippen molar-refractivity contribution in [1.82, 2.24) is 25.3 Å². The number of methoxy groups -OCH3 is 1. The number of nitrogens with one attached hydrogen (secondary N) is 2. The summed E-state index contributed by atoms with van der Waals surface area (Å²) < 4.78 is 12.3. The number of carbonyl (C=O) groups is 2. The van der Waals surface area contributed by atoms with Crippen LogP contribution >= 0.6 is 11.6 Å². The Hall–Kier alpha value is -3.66. The maximum absolute atomic E-state index is 12.4. The topological polar surface area (TPSA) is 120 Å². The van der Waals surface area contributed by atoms with Crippen molar-refractivity contribution in [3.63, 3.8) is 0 Å². The van der Waals surface area contributed by atoms with Crippen molar-refractivity contribution < 1.29 is 19.1 Å². The summed E-state index contributed by atoms with van der Waals surface area (Å²) in [7, 11) is 1.34. The van der Waals surface area contributed by atoms with Crippen LogP contribution in [-0.4, -0.2) is 39.1 Å². The first-order valence-corrected chi connectivity index (χ1v) is 10.4. The Balaban J connectivity index is 1.36. The Kier molecular flexibility index (Phi) is 6.50. The van der Waals surface area contributed by atoms with Crippen molar-refractivity contribution >= 4 is 29.3 Å². The van der Waals surface area contributed by atoms with Gasteiger partial charge in [0.15, 0.2) is 5.15 Å². The van der Waals surface area contributed by atoms with E-state index in [-0.39, 0.29) is 11.7 Å². The van der Waals surface area contributed by atoms with Gasteiger partial charge in [-0.1, -0.05) is 11.6 Å². The molecule has 0 saturated heterocycles. The van der Waals surface area contributed by atoms with E-state index in [1.165, 1.54) is 7.11 Å². The molecule has 11 heteroatoms. The number of hydrogen-bond acceptors (Lipinski definition) is 7. The molecule has 0 aliphatic carbocycles. The second kappa shape index (κ2) is 9.65. The van der Waals surface area contributed by atoms with Crippen LogP contribution in [0.4, 0.5) is 10.5 Å². The van der Waals surface area contributed by atoms with E-state index in [0.29, 0.717) is 28.6 Å². The smallest absolute Gasteiger partial charge is 0.341 e. The fraction of sp³-hybridized carbons (Fsp3) is 0.286. The Morgan fingerprint density at radius 3 is 2.66 bits per heavy atom. The Morgan fingerprint density at radius 2 is 1.94 bits per heavy atom. The van der Waals surface area contributed by atoms with Crippen LogP contribution in [0.1, 0.15) is 34.6 Å². The molecule has 0 bridgehead atoms. The molecule has 0 saturated carbocycles. The molecule has 0 spiro atoms. The summed E-state index contributed by atoms with van der Waals surface area (Å²) in [6, 6.07) is 9.50. The molecule has 32 heavy (non-hydrogen) atoms. The minimum absolute atomic E-state index is 0.104. The lowest BCUT2D eigenvalue weighted by atomic mass is 10.0. The maximum Gasteiger partial charge on any atom is 0.341 e. The molecule has 0 fully saturated rings. The summed E-state index contributed by atoms with van der Waals surface area (Å²) in [6.07, 6.45) is 2.76. The first kappa shape index (κ1) is 21.6. The van der Waals surface area contributed by atoms with Crippen molar-refractivity contribution in [1.29, 1.82) is 0 Å². The number of aromatic nitrogens is 4. The third-order valence-electron chi connectivity index (χ3n) is 4.91. The third kappa shape index (κ3) is 4.97. The number of urea groups is 1. The van der Waals surface area contributed by atoms with Crippen LogP contribution in [0.5, 0.6) is 11.6 Å². The SMILES string of the molecule is COC(=O)c1c(CNC(=O)Nc2ccc(Oc3ccc(Cl)nn3)cc2)nn2c1CCCC2. The Morgan fingerprint density at radius 1 is 1.12 bits per heavy atom. The lowest BCUT2D eigenvalue weighted by Crippen LogP contribution is -2.29. The van der Waals surface area contributed by atoms with Crippen LogP contribution in [-0.2, 0) is 24.2 Å². The molecule has 2 N–H and O–H groups in total. The Labute approximate surface area is 188 Å². The van der Waals surface area contributed by atoms with E-state index in [9.17, 15) is 9.59 Å². The van der Waals surface area contributed by atoms with Crippen LogP contribution in [0.3, 0.4) is 0 Å². The van der Waals surface area contributed by atoms with Gasteiger partial charge in [0, 0.05) is 18.3 Å². The molecular formula is C21H21ClN6O4. The summed E-state index contributed by atoms with van der Waals surface area (Å²) in [6.45, 7) is 0.855. The predicted molar refractivity (Wildman–Crippen MR) is 116 cm³/mol. The van der Waals surface area contributed by atoms with Gasteiger partial charge in [0.2, 0.25) is 5.88 Å². The number of aryl methyl sites for hydroxylation is 1. The van der Waals surface area contributed by atoms with E-state index in [0.717, 1.165) is 31.5 Å². The fourth-order valence-corrected chi connectivity index (χ4v) is 3.53. The van der Waals surface area contributed by atoms with E-state index in [1.54, 1.807) is 36.4 Å². The average molecular weight is 457 g/mol. The highest BCUT2D eigenvalue weighted by atomic mass is 35.5. The van der Waals surface area contributed by atoms with E-state index in [2.05, 4.69) is 25.9 Å². The molecule has 10 nitrogen and oxygen atoms in total.